The number of amides is 1. The fraction of sp³-hybridized carbons (Fsp3) is 0.0714. The molecule has 26 heavy (non-hydrogen) atoms. The number of carbonyl (C=O) groups excluding carboxylic acids is 1. The maximum absolute atomic E-state index is 12.9. The SMILES string of the molecule is O=C(Nc1nn(Cc2ccc(F)cc2)cc1Cl)c1n[nH]c([N+](=O)[O-])c1Br. The number of carbonyl (C=O) groups is 1. The minimum absolute atomic E-state index is 0.0660. The predicted octanol–water partition coefficient (Wildman–Crippen LogP) is 3.37. The zero-order chi connectivity index (χ0) is 18.8. The van der Waals surface area contributed by atoms with Gasteiger partial charge in [0.1, 0.15) is 15.3 Å². The zero-order valence-electron chi connectivity index (χ0n) is 12.7. The maximum atomic E-state index is 12.9. The number of nitro groups is 1. The second kappa shape index (κ2) is 7.22. The van der Waals surface area contributed by atoms with Crippen molar-refractivity contribution in [3.05, 3.63) is 67.1 Å². The van der Waals surface area contributed by atoms with E-state index in [4.69, 9.17) is 11.6 Å². The molecule has 3 aromatic rings. The van der Waals surface area contributed by atoms with E-state index in [0.717, 1.165) is 5.56 Å². The molecule has 9 nitrogen and oxygen atoms in total. The third-order valence-corrected chi connectivity index (χ3v) is 4.32. The van der Waals surface area contributed by atoms with Crippen molar-refractivity contribution in [2.45, 2.75) is 6.54 Å². The molecule has 3 rings (SSSR count). The lowest BCUT2D eigenvalue weighted by Gasteiger charge is -2.02. The Morgan fingerprint density at radius 2 is 2.12 bits per heavy atom. The van der Waals surface area contributed by atoms with Gasteiger partial charge in [-0.15, -0.1) is 5.10 Å². The summed E-state index contributed by atoms with van der Waals surface area (Å²) in [5, 5.41) is 23.3. The van der Waals surface area contributed by atoms with Crippen molar-refractivity contribution in [1.29, 1.82) is 0 Å². The first-order valence-corrected chi connectivity index (χ1v) is 8.19. The molecule has 2 aromatic heterocycles. The molecule has 0 unspecified atom stereocenters. The Morgan fingerprint density at radius 3 is 2.73 bits per heavy atom. The third-order valence-electron chi connectivity index (χ3n) is 3.29. The molecule has 0 radical (unpaired) electrons. The van der Waals surface area contributed by atoms with Crippen LogP contribution in [0.4, 0.5) is 16.0 Å². The highest BCUT2D eigenvalue weighted by Gasteiger charge is 2.25. The summed E-state index contributed by atoms with van der Waals surface area (Å²) in [7, 11) is 0. The van der Waals surface area contributed by atoms with Gasteiger partial charge >= 0.3 is 5.82 Å². The van der Waals surface area contributed by atoms with Crippen molar-refractivity contribution in [3.63, 3.8) is 0 Å². The molecular weight excluding hydrogens is 435 g/mol. The molecule has 0 saturated carbocycles. The molecule has 0 spiro atoms. The third kappa shape index (κ3) is 3.73. The average molecular weight is 444 g/mol. The second-order valence-corrected chi connectivity index (χ2v) is 6.30. The van der Waals surface area contributed by atoms with Crippen LogP contribution in [0.1, 0.15) is 16.1 Å². The molecule has 0 atom stereocenters. The lowest BCUT2D eigenvalue weighted by atomic mass is 10.2. The van der Waals surface area contributed by atoms with Crippen LogP contribution in [-0.4, -0.2) is 30.8 Å². The lowest BCUT2D eigenvalue weighted by Crippen LogP contribution is -2.14. The lowest BCUT2D eigenvalue weighted by molar-refractivity contribution is -0.390. The summed E-state index contributed by atoms with van der Waals surface area (Å²) in [5.74, 6) is -1.45. The minimum Gasteiger partial charge on any atom is -0.358 e. The highest BCUT2D eigenvalue weighted by Crippen LogP contribution is 2.27. The van der Waals surface area contributed by atoms with Crippen LogP contribution in [0.5, 0.6) is 0 Å². The monoisotopic (exact) mass is 442 g/mol. The van der Waals surface area contributed by atoms with Gasteiger partial charge in [-0.05, 0) is 38.5 Å². The quantitative estimate of drug-likeness (QED) is 0.463. The molecule has 0 bridgehead atoms. The van der Waals surface area contributed by atoms with Gasteiger partial charge in [0.15, 0.2) is 11.5 Å². The van der Waals surface area contributed by atoms with Gasteiger partial charge in [0.2, 0.25) is 0 Å². The maximum Gasteiger partial charge on any atom is 0.357 e. The van der Waals surface area contributed by atoms with Gasteiger partial charge < -0.3 is 15.4 Å². The number of halogens is 3. The van der Waals surface area contributed by atoms with Crippen molar-refractivity contribution >= 4 is 45.1 Å². The molecule has 0 aliphatic rings. The van der Waals surface area contributed by atoms with E-state index in [1.165, 1.54) is 23.0 Å². The van der Waals surface area contributed by atoms with E-state index in [0.29, 0.717) is 6.54 Å². The van der Waals surface area contributed by atoms with E-state index in [2.05, 4.69) is 36.5 Å². The number of anilines is 1. The number of aromatic nitrogens is 4. The molecule has 134 valence electrons. The molecule has 0 aliphatic carbocycles. The second-order valence-electron chi connectivity index (χ2n) is 5.10. The number of aromatic amines is 1. The topological polar surface area (TPSA) is 119 Å². The Morgan fingerprint density at radius 1 is 1.42 bits per heavy atom. The van der Waals surface area contributed by atoms with E-state index >= 15 is 0 Å². The summed E-state index contributed by atoms with van der Waals surface area (Å²) in [5.41, 5.74) is 0.579. The largest absolute Gasteiger partial charge is 0.358 e. The number of H-pyrrole nitrogens is 1. The first-order valence-electron chi connectivity index (χ1n) is 7.02. The number of hydrogen-bond donors (Lipinski definition) is 2. The van der Waals surface area contributed by atoms with Crippen LogP contribution in [0.3, 0.4) is 0 Å². The van der Waals surface area contributed by atoms with Crippen LogP contribution in [0.2, 0.25) is 5.02 Å². The van der Waals surface area contributed by atoms with Gasteiger partial charge in [0.05, 0.1) is 6.54 Å². The Labute approximate surface area is 158 Å². The van der Waals surface area contributed by atoms with Gasteiger partial charge in [0.25, 0.3) is 5.91 Å². The Balaban J connectivity index is 1.76. The number of hydrogen-bond acceptors (Lipinski definition) is 5. The molecule has 0 fully saturated rings. The van der Waals surface area contributed by atoms with Gasteiger partial charge in [-0.1, -0.05) is 28.8 Å². The molecule has 1 aromatic carbocycles. The Bertz CT molecular complexity index is 987. The molecule has 0 aliphatic heterocycles. The first-order chi connectivity index (χ1) is 12.3. The van der Waals surface area contributed by atoms with E-state index in [1.807, 2.05) is 0 Å². The molecule has 2 heterocycles. The van der Waals surface area contributed by atoms with Crippen LogP contribution < -0.4 is 5.32 Å². The molecule has 1 amide bonds. The Kier molecular flexibility index (Phi) is 5.00. The smallest absolute Gasteiger partial charge is 0.357 e. The zero-order valence-corrected chi connectivity index (χ0v) is 15.1. The summed E-state index contributed by atoms with van der Waals surface area (Å²) in [6.45, 7) is 0.313. The predicted molar refractivity (Wildman–Crippen MR) is 93.6 cm³/mol. The van der Waals surface area contributed by atoms with E-state index < -0.39 is 16.6 Å². The highest BCUT2D eigenvalue weighted by atomic mass is 79.9. The summed E-state index contributed by atoms with van der Waals surface area (Å²) in [6.07, 6.45) is 1.49. The van der Waals surface area contributed by atoms with E-state index in [-0.39, 0.29) is 26.8 Å². The van der Waals surface area contributed by atoms with Crippen molar-refractivity contribution in [2.75, 3.05) is 5.32 Å². The molecule has 2 N–H and O–H groups in total. The number of benzene rings is 1. The van der Waals surface area contributed by atoms with Crippen molar-refractivity contribution in [3.8, 4) is 0 Å². The number of nitrogens with zero attached hydrogens (tertiary/aromatic N) is 4. The van der Waals surface area contributed by atoms with Crippen LogP contribution >= 0.6 is 27.5 Å². The van der Waals surface area contributed by atoms with Crippen molar-refractivity contribution in [2.24, 2.45) is 0 Å². The average Bonchev–Trinajstić information content (AvgIpc) is 3.12. The molecule has 12 heteroatoms. The van der Waals surface area contributed by atoms with E-state index in [1.54, 1.807) is 12.1 Å². The van der Waals surface area contributed by atoms with Crippen molar-refractivity contribution < 1.29 is 14.1 Å². The van der Waals surface area contributed by atoms with E-state index in [9.17, 15) is 19.3 Å². The number of rotatable bonds is 5. The normalized spacial score (nSPS) is 10.7. The summed E-state index contributed by atoms with van der Waals surface area (Å²) < 4.78 is 14.3. The summed E-state index contributed by atoms with van der Waals surface area (Å²) >= 11 is 9.01. The Hall–Kier alpha value is -2.79. The van der Waals surface area contributed by atoms with Crippen LogP contribution in [0, 0.1) is 15.9 Å². The number of nitrogens with one attached hydrogen (secondary N) is 2. The fourth-order valence-corrected chi connectivity index (χ4v) is 2.80. The first kappa shape index (κ1) is 18.0. The van der Waals surface area contributed by atoms with Crippen molar-refractivity contribution in [1.82, 2.24) is 20.0 Å². The minimum atomic E-state index is -0.727. The molecular formula is C14H9BrClFN6O3. The summed E-state index contributed by atoms with van der Waals surface area (Å²) in [4.78, 5) is 22.3. The standard InChI is InChI=1S/C14H9BrClFN6O3/c15-10-11(19-20-13(10)23(25)26)14(24)18-12-9(16)6-22(21-12)5-7-1-3-8(17)4-2-7/h1-4,6H,5H2,(H,19,20)(H,18,21,24). The molecule has 0 saturated heterocycles. The van der Waals surface area contributed by atoms with Gasteiger partial charge in [-0.25, -0.2) is 4.39 Å². The summed E-state index contributed by atoms with van der Waals surface area (Å²) in [6, 6.07) is 5.85. The van der Waals surface area contributed by atoms with Crippen LogP contribution in [0.15, 0.2) is 34.9 Å². The highest BCUT2D eigenvalue weighted by molar-refractivity contribution is 9.10. The van der Waals surface area contributed by atoms with Gasteiger partial charge in [-0.2, -0.15) is 5.10 Å². The van der Waals surface area contributed by atoms with Crippen LogP contribution in [0.25, 0.3) is 0 Å². The van der Waals surface area contributed by atoms with Gasteiger partial charge in [0, 0.05) is 6.20 Å². The van der Waals surface area contributed by atoms with Crippen LogP contribution in [-0.2, 0) is 6.54 Å². The van der Waals surface area contributed by atoms with Gasteiger partial charge in [-0.3, -0.25) is 9.48 Å². The fourth-order valence-electron chi connectivity index (χ4n) is 2.10.